The molecule has 7 N–H and O–H groups in total. The molecule has 7 nitrogen and oxygen atoms in total. The van der Waals surface area contributed by atoms with Crippen LogP contribution in [0.2, 0.25) is 0 Å². The van der Waals surface area contributed by atoms with Crippen LogP contribution >= 0.6 is 0 Å². The van der Waals surface area contributed by atoms with Crippen molar-refractivity contribution in [2.75, 3.05) is 7.05 Å². The topological polar surface area (TPSA) is 116 Å². The van der Waals surface area contributed by atoms with Crippen LogP contribution in [0.1, 0.15) is 59.4 Å². The molecule has 7 heteroatoms. The maximum atomic E-state index is 10.6. The molecular weight excluding hydrogens is 388 g/mol. The molecule has 0 radical (unpaired) electrons. The molecular formula is C24H38N6O. The van der Waals surface area contributed by atoms with Gasteiger partial charge in [0.15, 0.2) is 0 Å². The molecule has 1 aliphatic heterocycles. The second-order valence-electron chi connectivity index (χ2n) is 10.5. The standard InChI is InChI=1S/C24H38N6O/c1-22(2)11-17(12-23(3,4)29-22)30(6)21(26)8-7-19(25)18-9-10-24(5,13-20(18)31)16-14-27-28-15-16/h7-9,13-15,17,29,31H,10-12,25-26H2,1-6H3,(H,27,28)/b19-7-,21-8+. The van der Waals surface area contributed by atoms with E-state index in [4.69, 9.17) is 11.5 Å². The number of aromatic amines is 1. The van der Waals surface area contributed by atoms with E-state index < -0.39 is 0 Å². The lowest BCUT2D eigenvalue weighted by Crippen LogP contribution is -2.61. The van der Waals surface area contributed by atoms with Crippen molar-refractivity contribution in [3.05, 3.63) is 65.1 Å². The lowest BCUT2D eigenvalue weighted by atomic mass is 9.76. The van der Waals surface area contributed by atoms with Gasteiger partial charge in [0.05, 0.1) is 12.0 Å². The Hall–Kier alpha value is -2.67. The number of allylic oxidation sites excluding steroid dienone is 4. The third-order valence-corrected chi connectivity index (χ3v) is 6.49. The smallest absolute Gasteiger partial charge is 0.121 e. The molecule has 1 fully saturated rings. The Bertz CT molecular complexity index is 906. The van der Waals surface area contributed by atoms with E-state index in [1.54, 1.807) is 12.3 Å². The molecule has 0 spiro atoms. The predicted molar refractivity (Wildman–Crippen MR) is 126 cm³/mol. The zero-order chi connectivity index (χ0) is 23.0. The average Bonchev–Trinajstić information content (AvgIpc) is 3.18. The first-order valence-electron chi connectivity index (χ1n) is 10.9. The Kier molecular flexibility index (Phi) is 6.02. The van der Waals surface area contributed by atoms with E-state index in [2.05, 4.69) is 55.0 Å². The fourth-order valence-electron chi connectivity index (χ4n) is 5.02. The second kappa shape index (κ2) is 8.11. The average molecular weight is 427 g/mol. The Balaban J connectivity index is 1.73. The van der Waals surface area contributed by atoms with Crippen molar-refractivity contribution in [2.24, 2.45) is 11.5 Å². The van der Waals surface area contributed by atoms with Crippen molar-refractivity contribution in [3.63, 3.8) is 0 Å². The van der Waals surface area contributed by atoms with Crippen molar-refractivity contribution in [1.29, 1.82) is 0 Å². The SMILES string of the molecule is CN(/C(N)=C/C=C(\N)C1=CCC(C)(c2cn[nH]c2)C=C1O)C1CC(C)(C)NC(C)(C)C1. The highest BCUT2D eigenvalue weighted by Gasteiger charge is 2.39. The van der Waals surface area contributed by atoms with E-state index in [0.717, 1.165) is 24.8 Å². The number of nitrogens with two attached hydrogens (primary N) is 2. The highest BCUT2D eigenvalue weighted by molar-refractivity contribution is 5.48. The highest BCUT2D eigenvalue weighted by atomic mass is 16.3. The molecule has 1 atom stereocenters. The van der Waals surface area contributed by atoms with E-state index in [1.165, 1.54) is 0 Å². The van der Waals surface area contributed by atoms with Gasteiger partial charge in [-0.25, -0.2) is 0 Å². The molecule has 31 heavy (non-hydrogen) atoms. The van der Waals surface area contributed by atoms with E-state index in [0.29, 0.717) is 23.1 Å². The molecule has 0 amide bonds. The zero-order valence-electron chi connectivity index (χ0n) is 19.7. The minimum atomic E-state index is -0.315. The molecule has 1 aromatic rings. The molecule has 2 aliphatic rings. The Morgan fingerprint density at radius 1 is 1.16 bits per heavy atom. The minimum Gasteiger partial charge on any atom is -0.508 e. The van der Waals surface area contributed by atoms with Crippen LogP contribution in [-0.2, 0) is 5.41 Å². The van der Waals surface area contributed by atoms with Gasteiger partial charge in [0.2, 0.25) is 0 Å². The summed E-state index contributed by atoms with van der Waals surface area (Å²) < 4.78 is 0. The van der Waals surface area contributed by atoms with Gasteiger partial charge in [0.1, 0.15) is 5.76 Å². The van der Waals surface area contributed by atoms with Gasteiger partial charge >= 0.3 is 0 Å². The van der Waals surface area contributed by atoms with Gasteiger partial charge in [-0.05, 0) is 70.7 Å². The summed E-state index contributed by atoms with van der Waals surface area (Å²) in [5.41, 5.74) is 14.6. The number of hydrogen-bond donors (Lipinski definition) is 5. The zero-order valence-corrected chi connectivity index (χ0v) is 19.7. The van der Waals surface area contributed by atoms with Crippen LogP contribution in [0.4, 0.5) is 0 Å². The van der Waals surface area contributed by atoms with Gasteiger partial charge in [-0.15, -0.1) is 0 Å². The number of aromatic nitrogens is 2. The van der Waals surface area contributed by atoms with Gasteiger partial charge in [-0.1, -0.05) is 13.0 Å². The molecule has 170 valence electrons. The largest absolute Gasteiger partial charge is 0.508 e. The van der Waals surface area contributed by atoms with E-state index in [1.807, 2.05) is 31.5 Å². The number of nitrogens with one attached hydrogen (secondary N) is 2. The molecule has 0 aromatic carbocycles. The minimum absolute atomic E-state index is 0.0426. The van der Waals surface area contributed by atoms with Crippen molar-refractivity contribution >= 4 is 0 Å². The number of aliphatic hydroxyl groups is 1. The van der Waals surface area contributed by atoms with Gasteiger partial charge in [-0.2, -0.15) is 5.10 Å². The number of rotatable bonds is 5. The predicted octanol–water partition coefficient (Wildman–Crippen LogP) is 3.32. The molecule has 0 bridgehead atoms. The molecule has 1 saturated heterocycles. The summed E-state index contributed by atoms with van der Waals surface area (Å²) in [6.45, 7) is 11.0. The molecule has 1 aliphatic carbocycles. The summed E-state index contributed by atoms with van der Waals surface area (Å²) in [7, 11) is 2.03. The van der Waals surface area contributed by atoms with Crippen molar-refractivity contribution in [1.82, 2.24) is 20.4 Å². The van der Waals surface area contributed by atoms with Crippen molar-refractivity contribution < 1.29 is 5.11 Å². The van der Waals surface area contributed by atoms with E-state index in [-0.39, 0.29) is 22.3 Å². The lowest BCUT2D eigenvalue weighted by Gasteiger charge is -2.49. The first-order chi connectivity index (χ1) is 14.3. The molecule has 1 aromatic heterocycles. The monoisotopic (exact) mass is 426 g/mol. The van der Waals surface area contributed by atoms with Crippen molar-refractivity contribution in [2.45, 2.75) is 76.4 Å². The van der Waals surface area contributed by atoms with Crippen LogP contribution < -0.4 is 16.8 Å². The number of aliphatic hydroxyl groups excluding tert-OH is 1. The summed E-state index contributed by atoms with van der Waals surface area (Å²) in [5, 5.41) is 21.2. The molecule has 2 heterocycles. The number of H-pyrrole nitrogens is 1. The summed E-state index contributed by atoms with van der Waals surface area (Å²) in [6.07, 6.45) is 13.8. The van der Waals surface area contributed by atoms with Crippen LogP contribution in [-0.4, -0.2) is 44.4 Å². The summed E-state index contributed by atoms with van der Waals surface area (Å²) in [5.74, 6) is 0.829. The van der Waals surface area contributed by atoms with Crippen LogP contribution in [0.5, 0.6) is 0 Å². The highest BCUT2D eigenvalue weighted by Crippen LogP contribution is 2.36. The summed E-state index contributed by atoms with van der Waals surface area (Å²) in [6, 6.07) is 0.329. The van der Waals surface area contributed by atoms with E-state index >= 15 is 0 Å². The fourth-order valence-corrected chi connectivity index (χ4v) is 5.02. The maximum absolute atomic E-state index is 10.6. The van der Waals surface area contributed by atoms with Gasteiger partial charge in [-0.3, -0.25) is 5.10 Å². The van der Waals surface area contributed by atoms with Gasteiger partial charge in [0.25, 0.3) is 0 Å². The van der Waals surface area contributed by atoms with Crippen LogP contribution in [0.15, 0.2) is 59.5 Å². The molecule has 3 rings (SSSR count). The number of piperidine rings is 1. The third-order valence-electron chi connectivity index (χ3n) is 6.49. The van der Waals surface area contributed by atoms with Gasteiger partial charge < -0.3 is 26.8 Å². The Labute approximate surface area is 186 Å². The lowest BCUT2D eigenvalue weighted by molar-refractivity contribution is 0.0981. The maximum Gasteiger partial charge on any atom is 0.121 e. The number of nitrogens with zero attached hydrogens (tertiary/aromatic N) is 2. The normalized spacial score (nSPS) is 26.9. The number of hydrogen-bond acceptors (Lipinski definition) is 6. The van der Waals surface area contributed by atoms with Crippen LogP contribution in [0, 0.1) is 0 Å². The summed E-state index contributed by atoms with van der Waals surface area (Å²) >= 11 is 0. The second-order valence-corrected chi connectivity index (χ2v) is 10.5. The first kappa shape index (κ1) is 23.0. The van der Waals surface area contributed by atoms with Gasteiger partial charge in [0, 0.05) is 47.0 Å². The fraction of sp³-hybridized carbons (Fsp3) is 0.542. The Morgan fingerprint density at radius 3 is 2.35 bits per heavy atom. The molecule has 1 unspecified atom stereocenters. The van der Waals surface area contributed by atoms with E-state index in [9.17, 15) is 5.11 Å². The van der Waals surface area contributed by atoms with Crippen LogP contribution in [0.3, 0.4) is 0 Å². The first-order valence-corrected chi connectivity index (χ1v) is 10.9. The quantitative estimate of drug-likeness (QED) is 0.461. The molecule has 0 saturated carbocycles. The third kappa shape index (κ3) is 5.15. The van der Waals surface area contributed by atoms with Crippen molar-refractivity contribution in [3.8, 4) is 0 Å². The van der Waals surface area contributed by atoms with Crippen LogP contribution in [0.25, 0.3) is 0 Å². The Morgan fingerprint density at radius 2 is 1.81 bits per heavy atom. The summed E-state index contributed by atoms with van der Waals surface area (Å²) in [4.78, 5) is 2.13.